The molecule has 0 aliphatic heterocycles. The Bertz CT molecular complexity index is 2190. The number of hydrogen-bond donors (Lipinski definition) is 3. The molecular formula is C38H36N2O8Si. The zero-order valence-corrected chi connectivity index (χ0v) is 28.7. The molecule has 250 valence electrons. The van der Waals surface area contributed by atoms with Crippen LogP contribution in [0.2, 0.25) is 18.1 Å². The highest BCUT2D eigenvalue weighted by atomic mass is 28.4. The van der Waals surface area contributed by atoms with E-state index in [0.29, 0.717) is 21.5 Å². The first kappa shape index (κ1) is 34.4. The minimum atomic E-state index is -1.89. The summed E-state index contributed by atoms with van der Waals surface area (Å²) >= 11 is 0. The van der Waals surface area contributed by atoms with Gasteiger partial charge in [0.05, 0.1) is 20.6 Å². The molecule has 0 atom stereocenters. The van der Waals surface area contributed by atoms with Gasteiger partial charge >= 0.3 is 11.4 Å². The summed E-state index contributed by atoms with van der Waals surface area (Å²) in [6, 6.07) is 31.3. The fourth-order valence-corrected chi connectivity index (χ4v) is 6.20. The average molecular weight is 677 g/mol. The van der Waals surface area contributed by atoms with Crippen molar-refractivity contribution < 1.29 is 29.6 Å². The van der Waals surface area contributed by atoms with Gasteiger partial charge < -0.3 is 19.7 Å². The van der Waals surface area contributed by atoms with Crippen LogP contribution in [0.15, 0.2) is 109 Å². The maximum atomic E-state index is 11.2. The second-order valence-corrected chi connectivity index (χ2v) is 17.9. The van der Waals surface area contributed by atoms with Crippen LogP contribution >= 0.6 is 0 Å². The first-order valence-corrected chi connectivity index (χ1v) is 18.4. The lowest BCUT2D eigenvalue weighted by Crippen LogP contribution is -2.43. The molecule has 0 heterocycles. The van der Waals surface area contributed by atoms with E-state index >= 15 is 0 Å². The van der Waals surface area contributed by atoms with Crippen LogP contribution in [0, 0.1) is 20.2 Å². The summed E-state index contributed by atoms with van der Waals surface area (Å²) in [5, 5.41) is 53.3. The number of phenols is 3. The molecule has 0 fully saturated rings. The summed E-state index contributed by atoms with van der Waals surface area (Å²) in [5.74, 6) is 0.374. The topological polar surface area (TPSA) is 156 Å². The SMILES string of the molecule is CC(C)(C)[Si](C)(C)Oc1ccc(-c2ccc3c([N+](=O)[O-])c(O)ccc3c2)cc1.O=[N+]([O-])c1c(O)ccc2cc(-c3ccc(O)cc3)ccc12. The number of benzene rings is 6. The predicted molar refractivity (Wildman–Crippen MR) is 195 cm³/mol. The van der Waals surface area contributed by atoms with Crippen LogP contribution < -0.4 is 4.43 Å². The minimum absolute atomic E-state index is 0.129. The molecule has 0 spiro atoms. The lowest BCUT2D eigenvalue weighted by molar-refractivity contribution is -0.384. The molecule has 49 heavy (non-hydrogen) atoms. The molecular weight excluding hydrogens is 641 g/mol. The fourth-order valence-electron chi connectivity index (χ4n) is 5.16. The molecule has 11 heteroatoms. The molecule has 0 saturated carbocycles. The third kappa shape index (κ3) is 7.31. The minimum Gasteiger partial charge on any atom is -0.544 e. The molecule has 0 aromatic heterocycles. The zero-order valence-electron chi connectivity index (χ0n) is 27.7. The van der Waals surface area contributed by atoms with Crippen molar-refractivity contribution in [3.63, 3.8) is 0 Å². The predicted octanol–water partition coefficient (Wildman–Crippen LogP) is 10.3. The van der Waals surface area contributed by atoms with Crippen molar-refractivity contribution in [1.82, 2.24) is 0 Å². The third-order valence-corrected chi connectivity index (χ3v) is 13.2. The number of nitro groups is 2. The molecule has 0 unspecified atom stereocenters. The van der Waals surface area contributed by atoms with Gasteiger partial charge in [-0.15, -0.1) is 0 Å². The van der Waals surface area contributed by atoms with Gasteiger partial charge in [0.15, 0.2) is 11.5 Å². The third-order valence-electron chi connectivity index (χ3n) is 8.87. The smallest absolute Gasteiger partial charge is 0.318 e. The highest BCUT2D eigenvalue weighted by Gasteiger charge is 2.39. The van der Waals surface area contributed by atoms with E-state index in [0.717, 1.165) is 28.0 Å². The Kier molecular flexibility index (Phi) is 9.32. The van der Waals surface area contributed by atoms with Crippen molar-refractivity contribution in [1.29, 1.82) is 0 Å². The highest BCUT2D eigenvalue weighted by Crippen LogP contribution is 2.39. The molecule has 0 aliphatic rings. The quantitative estimate of drug-likeness (QED) is 0.0893. The lowest BCUT2D eigenvalue weighted by Gasteiger charge is -2.36. The van der Waals surface area contributed by atoms with E-state index in [1.165, 1.54) is 12.1 Å². The number of hydrogen-bond acceptors (Lipinski definition) is 8. The number of nitro benzene ring substituents is 2. The molecule has 6 aromatic carbocycles. The van der Waals surface area contributed by atoms with Crippen LogP contribution in [0.25, 0.3) is 43.8 Å². The summed E-state index contributed by atoms with van der Waals surface area (Å²) in [6.45, 7) is 11.1. The standard InChI is InChI=1S/C22H25NO4Si.C16H11NO4/c1-22(2,3)28(4,5)27-18-10-6-15(7-11-18)16-8-12-19-17(14-16)9-13-20(24)21(19)23(25)26;18-13-5-1-10(2-6-13)11-3-7-14-12(9-11)4-8-15(19)16(14)17(20)21/h6-14,24H,1-5H3;1-9,18-19H. The van der Waals surface area contributed by atoms with E-state index in [1.807, 2.05) is 42.5 Å². The van der Waals surface area contributed by atoms with E-state index in [2.05, 4.69) is 33.9 Å². The molecule has 6 aromatic rings. The monoisotopic (exact) mass is 676 g/mol. The molecule has 10 nitrogen and oxygen atoms in total. The summed E-state index contributed by atoms with van der Waals surface area (Å²) < 4.78 is 6.32. The number of rotatable bonds is 6. The normalized spacial score (nSPS) is 11.5. The van der Waals surface area contributed by atoms with Crippen molar-refractivity contribution >= 4 is 41.2 Å². The summed E-state index contributed by atoms with van der Waals surface area (Å²) in [5.41, 5.74) is 3.17. The summed E-state index contributed by atoms with van der Waals surface area (Å²) in [7, 11) is -1.89. The zero-order chi connectivity index (χ0) is 35.7. The Morgan fingerprint density at radius 2 is 0.959 bits per heavy atom. The van der Waals surface area contributed by atoms with Gasteiger partial charge in [0, 0.05) is 0 Å². The van der Waals surface area contributed by atoms with Gasteiger partial charge in [-0.05, 0) is 112 Å². The number of aromatic hydroxyl groups is 3. The summed E-state index contributed by atoms with van der Waals surface area (Å²) in [4.78, 5) is 21.2. The van der Waals surface area contributed by atoms with Gasteiger partial charge in [0.1, 0.15) is 11.5 Å². The summed E-state index contributed by atoms with van der Waals surface area (Å²) in [6.07, 6.45) is 0. The van der Waals surface area contributed by atoms with Crippen LogP contribution in [0.1, 0.15) is 20.8 Å². The van der Waals surface area contributed by atoms with E-state index in [-0.39, 0.29) is 33.7 Å². The second-order valence-electron chi connectivity index (χ2n) is 13.2. The Morgan fingerprint density at radius 3 is 1.35 bits per heavy atom. The van der Waals surface area contributed by atoms with Gasteiger partial charge in [-0.1, -0.05) is 69.3 Å². The molecule has 0 radical (unpaired) electrons. The van der Waals surface area contributed by atoms with Crippen molar-refractivity contribution in [2.75, 3.05) is 0 Å². The van der Waals surface area contributed by atoms with E-state index in [9.17, 15) is 35.5 Å². The number of fused-ring (bicyclic) bond motifs is 2. The van der Waals surface area contributed by atoms with Crippen molar-refractivity contribution in [2.24, 2.45) is 0 Å². The maximum Gasteiger partial charge on any atom is 0.318 e. The Morgan fingerprint density at radius 1 is 0.571 bits per heavy atom. The molecule has 0 saturated heterocycles. The Labute approximate surface area is 283 Å². The Hall–Kier alpha value is -5.94. The first-order chi connectivity index (χ1) is 23.1. The van der Waals surface area contributed by atoms with Crippen molar-refractivity contribution in [2.45, 2.75) is 38.9 Å². The fraction of sp³-hybridized carbons (Fsp3) is 0.158. The molecule has 0 aliphatic carbocycles. The van der Waals surface area contributed by atoms with Crippen LogP contribution in [0.5, 0.6) is 23.0 Å². The number of phenolic OH excluding ortho intramolecular Hbond substituents is 3. The van der Waals surface area contributed by atoms with Gasteiger partial charge in [-0.2, -0.15) is 0 Å². The largest absolute Gasteiger partial charge is 0.544 e. The van der Waals surface area contributed by atoms with Gasteiger partial charge in [-0.25, -0.2) is 0 Å². The van der Waals surface area contributed by atoms with Crippen LogP contribution in [0.3, 0.4) is 0 Å². The van der Waals surface area contributed by atoms with Gasteiger partial charge in [0.25, 0.3) is 0 Å². The van der Waals surface area contributed by atoms with E-state index in [1.54, 1.807) is 54.6 Å². The van der Waals surface area contributed by atoms with E-state index in [4.69, 9.17) is 4.43 Å². The van der Waals surface area contributed by atoms with Crippen LogP contribution in [0.4, 0.5) is 11.4 Å². The van der Waals surface area contributed by atoms with Crippen LogP contribution in [-0.4, -0.2) is 33.5 Å². The van der Waals surface area contributed by atoms with Crippen LogP contribution in [-0.2, 0) is 0 Å². The average Bonchev–Trinajstić information content (AvgIpc) is 3.04. The van der Waals surface area contributed by atoms with Crippen molar-refractivity contribution in [3.8, 4) is 45.3 Å². The molecule has 0 bridgehead atoms. The molecule has 6 rings (SSSR count). The molecule has 3 N–H and O–H groups in total. The van der Waals surface area contributed by atoms with Gasteiger partial charge in [0.2, 0.25) is 8.32 Å². The first-order valence-electron chi connectivity index (χ1n) is 15.4. The van der Waals surface area contributed by atoms with Crippen molar-refractivity contribution in [3.05, 3.63) is 129 Å². The van der Waals surface area contributed by atoms with E-state index < -0.39 is 18.2 Å². The van der Waals surface area contributed by atoms with Gasteiger partial charge in [-0.3, -0.25) is 20.2 Å². The second kappa shape index (κ2) is 13.3. The lowest BCUT2D eigenvalue weighted by atomic mass is 10.00. The number of nitrogens with zero attached hydrogens (tertiary/aromatic N) is 2. The maximum absolute atomic E-state index is 11.2. The highest BCUT2D eigenvalue weighted by molar-refractivity contribution is 6.74. The molecule has 0 amide bonds. The Balaban J connectivity index is 0.000000199.